The Balaban J connectivity index is 2.76. The second-order valence-electron chi connectivity index (χ2n) is 5.06. The van der Waals surface area contributed by atoms with E-state index in [1.807, 2.05) is 0 Å². The number of nitrogens with zero attached hydrogens (tertiary/aromatic N) is 1. The maximum atomic E-state index is 13.5. The molecule has 0 aromatic carbocycles. The van der Waals surface area contributed by atoms with Crippen molar-refractivity contribution in [1.29, 1.82) is 0 Å². The first-order valence-electron chi connectivity index (χ1n) is 5.63. The number of aliphatic hydroxyl groups excluding tert-OH is 1. The second-order valence-corrected chi connectivity index (χ2v) is 5.06. The SMILES string of the molecule is CN1C=CC(F)=C(CO)C1NC(=O)OC(C)(C)C. The van der Waals surface area contributed by atoms with Crippen LogP contribution in [-0.4, -0.2) is 41.5 Å². The number of amides is 1. The van der Waals surface area contributed by atoms with E-state index in [1.165, 1.54) is 12.3 Å². The van der Waals surface area contributed by atoms with Gasteiger partial charge in [0.15, 0.2) is 0 Å². The van der Waals surface area contributed by atoms with Crippen LogP contribution in [0.1, 0.15) is 20.8 Å². The standard InChI is InChI=1S/C12H19FN2O3/c1-12(2,3)18-11(17)14-10-8(7-16)9(13)5-6-15(10)4/h5-6,10,16H,7H2,1-4H3,(H,14,17). The molecule has 0 saturated heterocycles. The molecule has 0 saturated carbocycles. The molecular weight excluding hydrogens is 239 g/mol. The van der Waals surface area contributed by atoms with Gasteiger partial charge in [-0.05, 0) is 26.8 Å². The minimum Gasteiger partial charge on any atom is -0.444 e. The summed E-state index contributed by atoms with van der Waals surface area (Å²) in [6.07, 6.45) is 1.32. The predicted molar refractivity (Wildman–Crippen MR) is 65.3 cm³/mol. The van der Waals surface area contributed by atoms with Crippen LogP contribution >= 0.6 is 0 Å². The highest BCUT2D eigenvalue weighted by Gasteiger charge is 2.27. The van der Waals surface area contributed by atoms with Gasteiger partial charge in [-0.3, -0.25) is 5.32 Å². The van der Waals surface area contributed by atoms with Crippen molar-refractivity contribution in [3.05, 3.63) is 23.7 Å². The monoisotopic (exact) mass is 258 g/mol. The molecule has 0 fully saturated rings. The molecule has 1 amide bonds. The number of ether oxygens (including phenoxy) is 1. The van der Waals surface area contributed by atoms with E-state index in [1.54, 1.807) is 32.7 Å². The molecule has 6 heteroatoms. The van der Waals surface area contributed by atoms with E-state index >= 15 is 0 Å². The number of hydrogen-bond acceptors (Lipinski definition) is 4. The van der Waals surface area contributed by atoms with Gasteiger partial charge in [-0.1, -0.05) is 0 Å². The summed E-state index contributed by atoms with van der Waals surface area (Å²) >= 11 is 0. The van der Waals surface area contributed by atoms with Gasteiger partial charge in [0.1, 0.15) is 17.6 Å². The minimum atomic E-state index is -0.741. The lowest BCUT2D eigenvalue weighted by atomic mass is 10.1. The summed E-state index contributed by atoms with van der Waals surface area (Å²) in [5, 5.41) is 11.7. The molecule has 18 heavy (non-hydrogen) atoms. The molecule has 0 radical (unpaired) electrons. The highest BCUT2D eigenvalue weighted by atomic mass is 19.1. The van der Waals surface area contributed by atoms with Crippen molar-refractivity contribution < 1.29 is 19.0 Å². The molecule has 0 spiro atoms. The second kappa shape index (κ2) is 5.39. The first-order valence-corrected chi connectivity index (χ1v) is 5.63. The average Bonchev–Trinajstić information content (AvgIpc) is 2.21. The van der Waals surface area contributed by atoms with Crippen LogP contribution in [0, 0.1) is 0 Å². The molecule has 1 unspecified atom stereocenters. The van der Waals surface area contributed by atoms with Crippen molar-refractivity contribution in [2.24, 2.45) is 0 Å². The molecule has 0 aromatic heterocycles. The highest BCUT2D eigenvalue weighted by Crippen LogP contribution is 2.20. The van der Waals surface area contributed by atoms with E-state index < -0.39 is 30.3 Å². The van der Waals surface area contributed by atoms with Gasteiger partial charge in [0.05, 0.1) is 6.61 Å². The number of carbonyl (C=O) groups excluding carboxylic acids is 1. The average molecular weight is 258 g/mol. The van der Waals surface area contributed by atoms with E-state index in [0.717, 1.165) is 0 Å². The fourth-order valence-corrected chi connectivity index (χ4v) is 1.52. The fourth-order valence-electron chi connectivity index (χ4n) is 1.52. The van der Waals surface area contributed by atoms with E-state index in [2.05, 4.69) is 5.32 Å². The number of rotatable bonds is 2. The third-order valence-electron chi connectivity index (χ3n) is 2.32. The van der Waals surface area contributed by atoms with Gasteiger partial charge in [-0.2, -0.15) is 0 Å². The number of alkyl carbamates (subject to hydrolysis) is 1. The zero-order valence-electron chi connectivity index (χ0n) is 11.0. The lowest BCUT2D eigenvalue weighted by Gasteiger charge is -2.32. The van der Waals surface area contributed by atoms with Crippen LogP contribution in [0.5, 0.6) is 0 Å². The van der Waals surface area contributed by atoms with Crippen LogP contribution in [0.2, 0.25) is 0 Å². The summed E-state index contributed by atoms with van der Waals surface area (Å²) in [6.45, 7) is 4.74. The minimum absolute atomic E-state index is 0.103. The van der Waals surface area contributed by atoms with Crippen LogP contribution < -0.4 is 5.32 Å². The zero-order valence-corrected chi connectivity index (χ0v) is 11.0. The maximum Gasteiger partial charge on any atom is 0.409 e. The zero-order chi connectivity index (χ0) is 13.9. The number of halogens is 1. The molecule has 1 atom stereocenters. The van der Waals surface area contributed by atoms with Crippen LogP contribution in [0.4, 0.5) is 9.18 Å². The van der Waals surface area contributed by atoms with Crippen LogP contribution in [0.15, 0.2) is 23.7 Å². The Morgan fingerprint density at radius 1 is 1.61 bits per heavy atom. The number of likely N-dealkylation sites (N-methyl/N-ethyl adjacent to an activating group) is 1. The molecule has 1 heterocycles. The highest BCUT2D eigenvalue weighted by molar-refractivity contribution is 5.68. The lowest BCUT2D eigenvalue weighted by molar-refractivity contribution is 0.0470. The van der Waals surface area contributed by atoms with Gasteiger partial charge in [0.2, 0.25) is 0 Å². The third-order valence-corrected chi connectivity index (χ3v) is 2.32. The molecule has 5 nitrogen and oxygen atoms in total. The van der Waals surface area contributed by atoms with Crippen molar-refractivity contribution in [3.63, 3.8) is 0 Å². The summed E-state index contributed by atoms with van der Waals surface area (Å²) in [4.78, 5) is 13.2. The quantitative estimate of drug-likeness (QED) is 0.788. The van der Waals surface area contributed by atoms with Crippen molar-refractivity contribution in [3.8, 4) is 0 Å². The Morgan fingerprint density at radius 2 is 2.22 bits per heavy atom. The van der Waals surface area contributed by atoms with Gasteiger partial charge in [-0.15, -0.1) is 0 Å². The summed E-state index contributed by atoms with van der Waals surface area (Å²) in [7, 11) is 1.67. The van der Waals surface area contributed by atoms with Crippen LogP contribution in [-0.2, 0) is 4.74 Å². The van der Waals surface area contributed by atoms with E-state index in [0.29, 0.717) is 0 Å². The number of hydrogen-bond donors (Lipinski definition) is 2. The first kappa shape index (κ1) is 14.5. The molecule has 1 aliphatic heterocycles. The fraction of sp³-hybridized carbons (Fsp3) is 0.583. The molecule has 0 bridgehead atoms. The number of aliphatic hydroxyl groups is 1. The van der Waals surface area contributed by atoms with Gasteiger partial charge < -0.3 is 14.7 Å². The number of carbonyl (C=O) groups is 1. The van der Waals surface area contributed by atoms with E-state index in [4.69, 9.17) is 9.84 Å². The van der Waals surface area contributed by atoms with Crippen LogP contribution in [0.25, 0.3) is 0 Å². The topological polar surface area (TPSA) is 61.8 Å². The van der Waals surface area contributed by atoms with Crippen molar-refractivity contribution in [1.82, 2.24) is 10.2 Å². The molecule has 0 aromatic rings. The van der Waals surface area contributed by atoms with Crippen molar-refractivity contribution in [2.75, 3.05) is 13.7 Å². The summed E-state index contributed by atoms with van der Waals surface area (Å²) < 4.78 is 18.6. The summed E-state index contributed by atoms with van der Waals surface area (Å²) in [5.74, 6) is -0.545. The first-order chi connectivity index (χ1) is 8.24. The van der Waals surface area contributed by atoms with Gasteiger partial charge in [0, 0.05) is 18.8 Å². The Hall–Kier alpha value is -1.56. The number of nitrogens with one attached hydrogen (secondary N) is 1. The lowest BCUT2D eigenvalue weighted by Crippen LogP contribution is -2.49. The van der Waals surface area contributed by atoms with Crippen molar-refractivity contribution >= 4 is 6.09 Å². The molecule has 2 N–H and O–H groups in total. The molecule has 0 aliphatic carbocycles. The predicted octanol–water partition coefficient (Wildman–Crippen LogP) is 1.51. The Morgan fingerprint density at radius 3 is 2.72 bits per heavy atom. The Kier molecular flexibility index (Phi) is 4.34. The Bertz CT molecular complexity index is 385. The molecular formula is C12H19FN2O3. The summed E-state index contributed by atoms with van der Waals surface area (Å²) in [6, 6.07) is 0. The largest absolute Gasteiger partial charge is 0.444 e. The molecule has 1 aliphatic rings. The van der Waals surface area contributed by atoms with Gasteiger partial charge in [0.25, 0.3) is 0 Å². The Labute approximate surface area is 106 Å². The molecule has 102 valence electrons. The normalized spacial score (nSPS) is 20.1. The maximum absolute atomic E-state index is 13.5. The third kappa shape index (κ3) is 3.73. The van der Waals surface area contributed by atoms with Crippen LogP contribution in [0.3, 0.4) is 0 Å². The van der Waals surface area contributed by atoms with E-state index in [-0.39, 0.29) is 5.57 Å². The molecule has 1 rings (SSSR count). The smallest absolute Gasteiger partial charge is 0.409 e. The number of allylic oxidation sites excluding steroid dienone is 2. The van der Waals surface area contributed by atoms with E-state index in [9.17, 15) is 9.18 Å². The van der Waals surface area contributed by atoms with Crippen molar-refractivity contribution in [2.45, 2.75) is 32.5 Å². The van der Waals surface area contributed by atoms with Gasteiger partial charge in [-0.25, -0.2) is 9.18 Å². The van der Waals surface area contributed by atoms with Gasteiger partial charge >= 0.3 is 6.09 Å². The summed E-state index contributed by atoms with van der Waals surface area (Å²) in [5.41, 5.74) is -0.528.